The first kappa shape index (κ1) is 118. The van der Waals surface area contributed by atoms with E-state index in [-0.39, 0.29) is 13.2 Å². The van der Waals surface area contributed by atoms with Crippen molar-refractivity contribution in [2.45, 2.75) is 594 Å². The molecule has 0 saturated carbocycles. The van der Waals surface area contributed by atoms with Gasteiger partial charge in [-0.3, -0.25) is 0 Å². The molecule has 742 valence electrons. The Morgan fingerprint density at radius 2 is 0.258 bits per heavy atom. The molecule has 8 heteroatoms. The van der Waals surface area contributed by atoms with Crippen LogP contribution in [0.15, 0.2) is 36.4 Å². The fourth-order valence-electron chi connectivity index (χ4n) is 18.6. The fourth-order valence-corrected chi connectivity index (χ4v) is 18.6. The maximum absolute atomic E-state index is 11.1. The van der Waals surface area contributed by atoms with Crippen molar-refractivity contribution >= 4 is 24.3 Å². The maximum atomic E-state index is 11.1. The molecule has 0 bridgehead atoms. The second-order valence-corrected chi connectivity index (χ2v) is 39.6. The number of benzene rings is 3. The molecular formula is C120H214O8. The highest BCUT2D eigenvalue weighted by Gasteiger charge is 2.18. The normalized spacial score (nSPS) is 11.8. The summed E-state index contributed by atoms with van der Waals surface area (Å²) in [6.07, 6.45) is 119. The molecule has 0 unspecified atom stereocenters. The first-order valence-electron chi connectivity index (χ1n) is 57.3. The van der Waals surface area contributed by atoms with Gasteiger partial charge in [0.25, 0.3) is 0 Å². The lowest BCUT2D eigenvalue weighted by Gasteiger charge is -2.17. The Kier molecular flexibility index (Phi) is 86.0. The molecule has 3 aromatic rings. The lowest BCUT2D eigenvalue weighted by atomic mass is 10.0. The molecule has 0 amide bonds. The zero-order chi connectivity index (χ0) is 91.3. The van der Waals surface area contributed by atoms with Crippen LogP contribution in [0.3, 0.4) is 0 Å². The Morgan fingerprint density at radius 1 is 0.148 bits per heavy atom. The van der Waals surface area contributed by atoms with E-state index in [9.17, 15) is 10.2 Å². The summed E-state index contributed by atoms with van der Waals surface area (Å²) in [7, 11) is 0. The zero-order valence-electron chi connectivity index (χ0n) is 86.2. The highest BCUT2D eigenvalue weighted by Crippen LogP contribution is 2.38. The average molecular weight is 1790 g/mol. The number of rotatable bonds is 102. The molecule has 128 heavy (non-hydrogen) atoms. The van der Waals surface area contributed by atoms with E-state index in [1.165, 1.54) is 462 Å². The Bertz CT molecular complexity index is 2680. The summed E-state index contributed by atoms with van der Waals surface area (Å²) in [4.78, 5) is 0. The van der Waals surface area contributed by atoms with E-state index in [0.717, 1.165) is 145 Å². The van der Waals surface area contributed by atoms with Crippen molar-refractivity contribution in [3.63, 3.8) is 0 Å². The third-order valence-electron chi connectivity index (χ3n) is 27.3. The molecule has 8 nitrogen and oxygen atoms in total. The number of ether oxygens (including phenoxy) is 6. The zero-order valence-corrected chi connectivity index (χ0v) is 86.2. The summed E-state index contributed by atoms with van der Waals surface area (Å²) in [6.45, 7) is 17.3. The van der Waals surface area contributed by atoms with Crippen LogP contribution in [0.25, 0.3) is 24.3 Å². The predicted molar refractivity (Wildman–Crippen MR) is 564 cm³/mol. The molecule has 0 aliphatic rings. The molecule has 3 rings (SSSR count). The van der Waals surface area contributed by atoms with E-state index in [2.05, 4.69) is 102 Å². The van der Waals surface area contributed by atoms with Crippen molar-refractivity contribution in [2.75, 3.05) is 39.6 Å². The van der Waals surface area contributed by atoms with Gasteiger partial charge < -0.3 is 38.6 Å². The van der Waals surface area contributed by atoms with E-state index < -0.39 is 0 Å². The van der Waals surface area contributed by atoms with Crippen LogP contribution in [-0.4, -0.2) is 49.9 Å². The lowest BCUT2D eigenvalue weighted by Crippen LogP contribution is -2.05. The van der Waals surface area contributed by atoms with Crippen LogP contribution in [0, 0.1) is 0 Å². The van der Waals surface area contributed by atoms with Gasteiger partial charge in [0.05, 0.1) is 52.9 Å². The average Bonchev–Trinajstić information content (AvgIpc) is 0.801. The third-order valence-corrected chi connectivity index (χ3v) is 27.3. The summed E-state index contributed by atoms with van der Waals surface area (Å²) in [5.74, 6) is 4.67. The van der Waals surface area contributed by atoms with Gasteiger partial charge in [-0.2, -0.15) is 0 Å². The second kappa shape index (κ2) is 93.3. The molecule has 2 N–H and O–H groups in total. The predicted octanol–water partition coefficient (Wildman–Crippen LogP) is 40.2. The molecule has 0 saturated heterocycles. The monoisotopic (exact) mass is 1780 g/mol. The standard InChI is InChI=1S/C120H214O8/c1-7-13-19-25-31-37-43-49-55-61-67-73-79-85-95-123-115-101-110(92-94-112-104-120(128-100-90-84-78-72-66-60-54-48-42-36-30-24-18-12-6)114(108-122)106-118(112)126-98-88-82-76-70-64-58-52-46-40-34-28-22-16-10-4)116(124-96-86-80-74-68-62-56-50-44-38-32-26-20-14-8-2)102-109(115)91-93-111-103-119(127-99-89-83-77-71-65-59-53-47-41-35-29-23-17-11-5)113(107-121)105-117(111)125-97-87-81-75-69-63-57-51-45-39-33-27-21-15-9-3/h91-94,101-106,121-122H,7-90,95-100,107-108H2,1-6H3/b93-91+,94-92+. The molecule has 0 atom stereocenters. The van der Waals surface area contributed by atoms with Gasteiger partial charge in [0.1, 0.15) is 34.5 Å². The van der Waals surface area contributed by atoms with Crippen molar-refractivity contribution in [3.05, 3.63) is 69.8 Å². The highest BCUT2D eigenvalue weighted by molar-refractivity contribution is 5.81. The van der Waals surface area contributed by atoms with Gasteiger partial charge in [-0.1, -0.05) is 567 Å². The van der Waals surface area contributed by atoms with Crippen molar-refractivity contribution in [1.82, 2.24) is 0 Å². The molecule has 0 aromatic heterocycles. The molecule has 0 heterocycles. The van der Waals surface area contributed by atoms with Crippen LogP contribution in [-0.2, 0) is 13.2 Å². The summed E-state index contributed by atoms with van der Waals surface area (Å²) in [5.41, 5.74) is 5.33. The molecule has 3 aromatic carbocycles. The summed E-state index contributed by atoms with van der Waals surface area (Å²) >= 11 is 0. The van der Waals surface area contributed by atoms with Gasteiger partial charge in [0.15, 0.2) is 0 Å². The number of hydrogen-bond donors (Lipinski definition) is 2. The van der Waals surface area contributed by atoms with Crippen molar-refractivity contribution in [1.29, 1.82) is 0 Å². The molecule has 0 aliphatic carbocycles. The Labute approximate surface area is 796 Å². The Hall–Kier alpha value is -4.14. The molecule has 0 fully saturated rings. The van der Waals surface area contributed by atoms with Gasteiger partial charge >= 0.3 is 0 Å². The van der Waals surface area contributed by atoms with E-state index >= 15 is 0 Å². The van der Waals surface area contributed by atoms with Gasteiger partial charge in [0.2, 0.25) is 0 Å². The number of aliphatic hydroxyl groups excluding tert-OH is 2. The summed E-state index contributed by atoms with van der Waals surface area (Å²) < 4.78 is 41.4. The summed E-state index contributed by atoms with van der Waals surface area (Å²) in [6, 6.07) is 12.8. The highest BCUT2D eigenvalue weighted by atomic mass is 16.5. The van der Waals surface area contributed by atoms with Crippen molar-refractivity contribution in [2.24, 2.45) is 0 Å². The number of hydrogen-bond acceptors (Lipinski definition) is 8. The maximum Gasteiger partial charge on any atom is 0.127 e. The number of unbranched alkanes of at least 4 members (excludes halogenated alkanes) is 78. The van der Waals surface area contributed by atoms with Gasteiger partial charge in [-0.15, -0.1) is 0 Å². The van der Waals surface area contributed by atoms with Gasteiger partial charge in [-0.05, 0) is 74.9 Å². The SMILES string of the molecule is CCCCCCCCCCCCCCCCOc1cc(/C=C/c2cc(OCCCCCCCCCCCCCCCC)c(CO)cc2OCCCCCCCCCCCCCCCC)c(OCCCCCCCCCCCCCCCC)cc1/C=C/c1cc(OCCCCCCCCCCCCCCCC)c(CO)cc1OCCCCCCCCCCCCCCCC. The van der Waals surface area contributed by atoms with Crippen LogP contribution in [0.1, 0.15) is 614 Å². The van der Waals surface area contributed by atoms with Crippen LogP contribution in [0.4, 0.5) is 0 Å². The van der Waals surface area contributed by atoms with Crippen molar-refractivity contribution in [3.8, 4) is 34.5 Å². The van der Waals surface area contributed by atoms with Crippen LogP contribution < -0.4 is 28.4 Å². The van der Waals surface area contributed by atoms with Gasteiger partial charge in [0, 0.05) is 33.4 Å². The quantitative estimate of drug-likeness (QED) is 0.0426. The fraction of sp³-hybridized carbons (Fsp3) is 0.817. The minimum Gasteiger partial charge on any atom is -0.493 e. The van der Waals surface area contributed by atoms with Crippen LogP contribution >= 0.6 is 0 Å². The van der Waals surface area contributed by atoms with E-state index in [4.69, 9.17) is 28.4 Å². The topological polar surface area (TPSA) is 95.8 Å². The second-order valence-electron chi connectivity index (χ2n) is 39.6. The molecule has 0 radical (unpaired) electrons. The van der Waals surface area contributed by atoms with E-state index in [1.807, 2.05) is 0 Å². The summed E-state index contributed by atoms with van der Waals surface area (Å²) in [5, 5.41) is 22.2. The minimum absolute atomic E-state index is 0.119. The first-order chi connectivity index (χ1) is 63.5. The van der Waals surface area contributed by atoms with E-state index in [1.54, 1.807) is 0 Å². The Morgan fingerprint density at radius 3 is 0.391 bits per heavy atom. The van der Waals surface area contributed by atoms with Crippen molar-refractivity contribution < 1.29 is 38.6 Å². The molecule has 0 spiro atoms. The lowest BCUT2D eigenvalue weighted by molar-refractivity contribution is 0.256. The Balaban J connectivity index is 2.09. The van der Waals surface area contributed by atoms with Gasteiger partial charge in [-0.25, -0.2) is 0 Å². The third kappa shape index (κ3) is 69.7. The van der Waals surface area contributed by atoms with Crippen LogP contribution in [0.5, 0.6) is 34.5 Å². The van der Waals surface area contributed by atoms with E-state index in [0.29, 0.717) is 39.6 Å². The molecular weight excluding hydrogens is 1570 g/mol. The smallest absolute Gasteiger partial charge is 0.127 e. The largest absolute Gasteiger partial charge is 0.493 e. The minimum atomic E-state index is -0.119. The first-order valence-corrected chi connectivity index (χ1v) is 57.3. The van der Waals surface area contributed by atoms with Crippen LogP contribution in [0.2, 0.25) is 0 Å². The molecule has 0 aliphatic heterocycles. The number of aliphatic hydroxyl groups is 2.